The molecule has 0 N–H and O–H groups in total. The van der Waals surface area contributed by atoms with Crippen molar-refractivity contribution in [3.8, 4) is 6.07 Å². The van der Waals surface area contributed by atoms with Crippen LogP contribution < -0.4 is 0 Å². The number of nitrogens with zero attached hydrogens (tertiary/aromatic N) is 3. The molecule has 0 spiro atoms. The van der Waals surface area contributed by atoms with E-state index in [2.05, 4.69) is 11.0 Å². The van der Waals surface area contributed by atoms with Crippen LogP contribution in [0.5, 0.6) is 0 Å². The van der Waals surface area contributed by atoms with Gasteiger partial charge in [-0.25, -0.2) is 0 Å². The molecule has 0 aliphatic rings. The summed E-state index contributed by atoms with van der Waals surface area (Å²) in [6.07, 6.45) is 3.70. The highest BCUT2D eigenvalue weighted by Gasteiger charge is 2.02. The lowest BCUT2D eigenvalue weighted by Crippen LogP contribution is -1.81. The molecule has 0 atom stereocenters. The number of halogens is 1. The van der Waals surface area contributed by atoms with Gasteiger partial charge in [0, 0.05) is 17.2 Å². The molecule has 4 heteroatoms. The maximum Gasteiger partial charge on any atom is 0.385 e. The Balaban J connectivity index is 2.30. The van der Waals surface area contributed by atoms with Crippen molar-refractivity contribution in [2.45, 2.75) is 0 Å². The minimum absolute atomic E-state index is 0.498. The van der Waals surface area contributed by atoms with Crippen LogP contribution in [0, 0.1) is 16.7 Å². The summed E-state index contributed by atoms with van der Waals surface area (Å²) in [5.74, 6) is 0. The molecule has 2 rings (SSSR count). The largest absolute Gasteiger partial charge is 0.385 e. The number of rotatable bonds is 2. The predicted molar refractivity (Wildman–Crippen MR) is 76.3 cm³/mol. The third-order valence-corrected chi connectivity index (χ3v) is 2.83. The highest BCUT2D eigenvalue weighted by Crippen LogP contribution is 2.19. The molecule has 0 saturated carbocycles. The maximum atomic E-state index is 9.01. The second-order valence-corrected chi connectivity index (χ2v) is 4.30. The zero-order chi connectivity index (χ0) is 13.7. The van der Waals surface area contributed by atoms with Gasteiger partial charge in [-0.3, -0.25) is 0 Å². The molecule has 0 heterocycles. The van der Waals surface area contributed by atoms with Gasteiger partial charge in [-0.1, -0.05) is 23.8 Å². The number of hydrogen-bond donors (Lipinski definition) is 0. The molecule has 0 aliphatic carbocycles. The van der Waals surface area contributed by atoms with Crippen molar-refractivity contribution < 1.29 is 0 Å². The molecule has 0 aromatic heterocycles. The van der Waals surface area contributed by atoms with Crippen molar-refractivity contribution in [1.82, 2.24) is 0 Å². The fraction of sp³-hybridized carbons (Fsp3) is 0. The molecule has 2 aromatic carbocycles. The van der Waals surface area contributed by atoms with Crippen LogP contribution in [-0.4, -0.2) is 0 Å². The number of nitriles is 1. The second kappa shape index (κ2) is 5.82. The lowest BCUT2D eigenvalue weighted by atomic mass is 10.1. The Morgan fingerprint density at radius 1 is 1.05 bits per heavy atom. The fourth-order valence-corrected chi connectivity index (χ4v) is 1.79. The second-order valence-electron chi connectivity index (χ2n) is 3.87. The fourth-order valence-electron chi connectivity index (χ4n) is 1.61. The van der Waals surface area contributed by atoms with E-state index in [4.69, 9.17) is 22.3 Å². The van der Waals surface area contributed by atoms with Crippen molar-refractivity contribution in [1.29, 1.82) is 10.7 Å². The average Bonchev–Trinajstić information content (AvgIpc) is 2.46. The summed E-state index contributed by atoms with van der Waals surface area (Å²) in [5, 5.41) is 18.2. The van der Waals surface area contributed by atoms with Gasteiger partial charge in [0.1, 0.15) is 0 Å². The SMILES string of the molecule is N#Cc1ccc(Cl)cc1C=Cc1ccc([N+]#N)cc1. The predicted octanol–water partition coefficient (Wildman–Crippen LogP) is 4.87. The van der Waals surface area contributed by atoms with Gasteiger partial charge in [0.15, 0.2) is 4.98 Å². The Morgan fingerprint density at radius 3 is 2.42 bits per heavy atom. The summed E-state index contributed by atoms with van der Waals surface area (Å²) < 4.78 is 0. The standard InChI is InChI=1S/C15H9ClN3/c16-14-6-5-13(10-17)12(9-14)4-1-11-2-7-15(19-18)8-3-11/h1-9H/q+1. The normalized spacial score (nSPS) is 10.1. The topological polar surface area (TPSA) is 51.9 Å². The van der Waals surface area contributed by atoms with Crippen LogP contribution in [0.1, 0.15) is 16.7 Å². The minimum atomic E-state index is 0.498. The van der Waals surface area contributed by atoms with Crippen molar-refractivity contribution in [3.05, 3.63) is 69.2 Å². The van der Waals surface area contributed by atoms with Crippen LogP contribution in [0.25, 0.3) is 17.1 Å². The number of hydrogen-bond acceptors (Lipinski definition) is 2. The van der Waals surface area contributed by atoms with Crippen molar-refractivity contribution in [2.24, 2.45) is 0 Å². The molecular weight excluding hydrogens is 258 g/mol. The van der Waals surface area contributed by atoms with Crippen LogP contribution in [-0.2, 0) is 0 Å². The van der Waals surface area contributed by atoms with Crippen LogP contribution in [0.2, 0.25) is 5.02 Å². The van der Waals surface area contributed by atoms with E-state index in [1.807, 2.05) is 24.3 Å². The van der Waals surface area contributed by atoms with Gasteiger partial charge < -0.3 is 0 Å². The van der Waals surface area contributed by atoms with Gasteiger partial charge in [0.05, 0.1) is 11.6 Å². The molecule has 0 unspecified atom stereocenters. The molecule has 90 valence electrons. The third-order valence-electron chi connectivity index (χ3n) is 2.60. The number of diazo groups is 1. The molecule has 0 bridgehead atoms. The average molecular weight is 267 g/mol. The van der Waals surface area contributed by atoms with Crippen LogP contribution >= 0.6 is 11.6 Å². The molecule has 0 amide bonds. The first kappa shape index (κ1) is 12.8. The quantitative estimate of drug-likeness (QED) is 0.575. The van der Waals surface area contributed by atoms with E-state index < -0.39 is 0 Å². The summed E-state index contributed by atoms with van der Waals surface area (Å²) in [4.78, 5) is 3.08. The Bertz CT molecular complexity index is 704. The highest BCUT2D eigenvalue weighted by molar-refractivity contribution is 6.30. The molecule has 2 aromatic rings. The Morgan fingerprint density at radius 2 is 1.79 bits per heavy atom. The summed E-state index contributed by atoms with van der Waals surface area (Å²) in [6.45, 7) is 0. The molecule has 3 nitrogen and oxygen atoms in total. The first-order valence-corrected chi connectivity index (χ1v) is 5.93. The van der Waals surface area contributed by atoms with Gasteiger partial charge in [0.2, 0.25) is 5.39 Å². The van der Waals surface area contributed by atoms with E-state index >= 15 is 0 Å². The van der Waals surface area contributed by atoms with Crippen molar-refractivity contribution >= 4 is 29.4 Å². The Kier molecular flexibility index (Phi) is 3.93. The van der Waals surface area contributed by atoms with Crippen molar-refractivity contribution in [2.75, 3.05) is 0 Å². The maximum absolute atomic E-state index is 9.01. The summed E-state index contributed by atoms with van der Waals surface area (Å²) in [5.41, 5.74) is 2.78. The highest BCUT2D eigenvalue weighted by atomic mass is 35.5. The zero-order valence-corrected chi connectivity index (χ0v) is 10.7. The van der Waals surface area contributed by atoms with E-state index in [1.54, 1.807) is 30.3 Å². The first-order chi connectivity index (χ1) is 9.22. The molecule has 0 radical (unpaired) electrons. The van der Waals surface area contributed by atoms with Gasteiger partial charge in [-0.05, 0) is 41.5 Å². The van der Waals surface area contributed by atoms with E-state index in [9.17, 15) is 0 Å². The smallest absolute Gasteiger partial charge is 0.192 e. The first-order valence-electron chi connectivity index (χ1n) is 5.56. The zero-order valence-electron chi connectivity index (χ0n) is 9.92. The lowest BCUT2D eigenvalue weighted by molar-refractivity contribution is 1.46. The van der Waals surface area contributed by atoms with Gasteiger partial charge >= 0.3 is 5.69 Å². The van der Waals surface area contributed by atoms with E-state index in [1.165, 1.54) is 0 Å². The summed E-state index contributed by atoms with van der Waals surface area (Å²) >= 11 is 5.91. The van der Waals surface area contributed by atoms with Crippen LogP contribution in [0.4, 0.5) is 5.69 Å². The Hall–Kier alpha value is -2.62. The minimum Gasteiger partial charge on any atom is -0.192 e. The third kappa shape index (κ3) is 3.19. The van der Waals surface area contributed by atoms with Gasteiger partial charge in [0.25, 0.3) is 0 Å². The molecular formula is C15H9ClN3+. The Labute approximate surface area is 116 Å². The van der Waals surface area contributed by atoms with E-state index in [-0.39, 0.29) is 0 Å². The van der Waals surface area contributed by atoms with E-state index in [0.29, 0.717) is 16.3 Å². The molecule has 19 heavy (non-hydrogen) atoms. The lowest BCUT2D eigenvalue weighted by Gasteiger charge is -1.98. The molecule has 0 saturated heterocycles. The monoisotopic (exact) mass is 266 g/mol. The van der Waals surface area contributed by atoms with Crippen LogP contribution in [0.3, 0.4) is 0 Å². The number of benzene rings is 2. The summed E-state index contributed by atoms with van der Waals surface area (Å²) in [7, 11) is 0. The van der Waals surface area contributed by atoms with Crippen LogP contribution in [0.15, 0.2) is 42.5 Å². The molecule has 0 aliphatic heterocycles. The van der Waals surface area contributed by atoms with E-state index in [0.717, 1.165) is 11.1 Å². The van der Waals surface area contributed by atoms with Gasteiger partial charge in [-0.15, -0.1) is 0 Å². The molecule has 0 fully saturated rings. The van der Waals surface area contributed by atoms with Gasteiger partial charge in [-0.2, -0.15) is 5.26 Å². The summed E-state index contributed by atoms with van der Waals surface area (Å²) in [6, 6.07) is 14.3. The van der Waals surface area contributed by atoms with Crippen molar-refractivity contribution in [3.63, 3.8) is 0 Å².